The Kier molecular flexibility index (Phi) is 8.81. The van der Waals surface area contributed by atoms with Crippen LogP contribution in [0.5, 0.6) is 0 Å². The number of benzene rings is 1. The summed E-state index contributed by atoms with van der Waals surface area (Å²) in [6.45, 7) is 6.49. The van der Waals surface area contributed by atoms with Crippen LogP contribution >= 0.6 is 0 Å². The van der Waals surface area contributed by atoms with Crippen LogP contribution in [0, 0.1) is 0 Å². The van der Waals surface area contributed by atoms with Crippen molar-refractivity contribution >= 4 is 41.1 Å². The van der Waals surface area contributed by atoms with Crippen molar-refractivity contribution in [3.8, 4) is 0 Å². The lowest BCUT2D eigenvalue weighted by atomic mass is 9.96. The molecule has 0 spiro atoms. The van der Waals surface area contributed by atoms with Crippen LogP contribution in [0.25, 0.3) is 0 Å². The number of ether oxygens (including phenoxy) is 4. The molecule has 1 fully saturated rings. The molecule has 13 heteroatoms. The molecule has 0 aliphatic carbocycles. The van der Waals surface area contributed by atoms with E-state index in [0.717, 1.165) is 13.8 Å². The summed E-state index contributed by atoms with van der Waals surface area (Å²) in [5, 5.41) is 6.62. The summed E-state index contributed by atoms with van der Waals surface area (Å²) >= 11 is 0. The van der Waals surface area contributed by atoms with E-state index in [-0.39, 0.29) is 12.3 Å². The molecule has 13 nitrogen and oxygen atoms in total. The molecule has 37 heavy (non-hydrogen) atoms. The maximum atomic E-state index is 13.0. The number of hydrogen-bond acceptors (Lipinski definition) is 11. The van der Waals surface area contributed by atoms with E-state index in [1.807, 2.05) is 6.92 Å². The number of fused-ring (bicyclic) bond motifs is 1. The quantitative estimate of drug-likeness (QED) is 0.290. The average molecular weight is 520 g/mol. The fourth-order valence-corrected chi connectivity index (χ4v) is 4.15. The van der Waals surface area contributed by atoms with E-state index in [9.17, 15) is 24.0 Å². The van der Waals surface area contributed by atoms with Crippen molar-refractivity contribution in [1.82, 2.24) is 5.32 Å². The Morgan fingerprint density at radius 1 is 1.00 bits per heavy atom. The molecular formula is C24H29N3O10. The summed E-state index contributed by atoms with van der Waals surface area (Å²) in [4.78, 5) is 67.4. The van der Waals surface area contributed by atoms with Crippen molar-refractivity contribution in [3.05, 3.63) is 29.8 Å². The lowest BCUT2D eigenvalue weighted by Gasteiger charge is -2.43. The molecule has 2 aliphatic heterocycles. The highest BCUT2D eigenvalue weighted by Gasteiger charge is 2.52. The predicted octanol–water partition coefficient (Wildman–Crippen LogP) is 0.430. The number of amides is 2. The second-order valence-corrected chi connectivity index (χ2v) is 8.33. The van der Waals surface area contributed by atoms with Gasteiger partial charge in [-0.2, -0.15) is 0 Å². The van der Waals surface area contributed by atoms with Gasteiger partial charge in [0.15, 0.2) is 17.9 Å². The number of para-hydroxylation sites is 1. The van der Waals surface area contributed by atoms with Gasteiger partial charge in [-0.15, -0.1) is 0 Å². The smallest absolute Gasteiger partial charge is 0.303 e. The monoisotopic (exact) mass is 519 g/mol. The maximum Gasteiger partial charge on any atom is 0.303 e. The van der Waals surface area contributed by atoms with E-state index in [1.54, 1.807) is 24.3 Å². The summed E-state index contributed by atoms with van der Waals surface area (Å²) in [6.07, 6.45) is -5.16. The largest absolute Gasteiger partial charge is 0.463 e. The first-order chi connectivity index (χ1) is 17.5. The van der Waals surface area contributed by atoms with Gasteiger partial charge in [0.2, 0.25) is 5.91 Å². The molecule has 1 saturated heterocycles. The molecule has 200 valence electrons. The Hall–Kier alpha value is -4.00. The van der Waals surface area contributed by atoms with E-state index in [1.165, 1.54) is 18.7 Å². The third-order valence-corrected chi connectivity index (χ3v) is 5.53. The topological polar surface area (TPSA) is 159 Å². The van der Waals surface area contributed by atoms with E-state index in [0.29, 0.717) is 17.8 Å². The minimum Gasteiger partial charge on any atom is -0.463 e. The minimum absolute atomic E-state index is 0.00491. The second kappa shape index (κ2) is 11.8. The van der Waals surface area contributed by atoms with E-state index < -0.39 is 60.4 Å². The van der Waals surface area contributed by atoms with Gasteiger partial charge in [0.05, 0.1) is 5.69 Å². The van der Waals surface area contributed by atoms with Gasteiger partial charge in [0.25, 0.3) is 12.2 Å². The predicted molar refractivity (Wildman–Crippen MR) is 126 cm³/mol. The second-order valence-electron chi connectivity index (χ2n) is 8.33. The van der Waals surface area contributed by atoms with Crippen LogP contribution in [-0.2, 0) is 47.8 Å². The number of nitrogens with one attached hydrogen (secondary N) is 1. The van der Waals surface area contributed by atoms with E-state index in [2.05, 4.69) is 10.5 Å². The molecule has 2 aliphatic rings. The number of nitrogens with zero attached hydrogens (tertiary/aromatic N) is 2. The van der Waals surface area contributed by atoms with Crippen molar-refractivity contribution in [3.63, 3.8) is 0 Å². The molecule has 5 atom stereocenters. The lowest BCUT2D eigenvalue weighted by Crippen LogP contribution is -2.66. The Labute approximate surface area is 213 Å². The number of oxime groups is 1. The molecule has 0 radical (unpaired) electrons. The number of carbonyl (C=O) groups excluding carboxylic acids is 5. The Bertz CT molecular complexity index is 1100. The van der Waals surface area contributed by atoms with Crippen LogP contribution in [0.2, 0.25) is 0 Å². The molecular weight excluding hydrogens is 490 g/mol. The highest BCUT2D eigenvalue weighted by molar-refractivity contribution is 6.54. The number of anilines is 1. The van der Waals surface area contributed by atoms with Gasteiger partial charge in [0.1, 0.15) is 18.8 Å². The summed E-state index contributed by atoms with van der Waals surface area (Å²) in [5.41, 5.74) is 1.19. The molecule has 3 rings (SSSR count). The number of esters is 3. The van der Waals surface area contributed by atoms with Gasteiger partial charge in [-0.3, -0.25) is 24.0 Å². The zero-order chi connectivity index (χ0) is 27.3. The molecule has 2 heterocycles. The van der Waals surface area contributed by atoms with Gasteiger partial charge in [-0.25, -0.2) is 0 Å². The maximum absolute atomic E-state index is 13.0. The number of rotatable bonds is 8. The van der Waals surface area contributed by atoms with Crippen LogP contribution in [0.15, 0.2) is 29.4 Å². The number of likely N-dealkylation sites (N-methyl/N-ethyl adjacent to an activating group) is 1. The first-order valence-corrected chi connectivity index (χ1v) is 11.6. The highest BCUT2D eigenvalue weighted by atomic mass is 16.8. The zero-order valence-electron chi connectivity index (χ0n) is 21.1. The molecule has 0 saturated carbocycles. The summed E-state index contributed by atoms with van der Waals surface area (Å²) in [6, 6.07) is 5.80. The van der Waals surface area contributed by atoms with Crippen LogP contribution in [0.3, 0.4) is 0 Å². The van der Waals surface area contributed by atoms with E-state index in [4.69, 9.17) is 23.8 Å². The van der Waals surface area contributed by atoms with Gasteiger partial charge >= 0.3 is 17.9 Å². The summed E-state index contributed by atoms with van der Waals surface area (Å²) < 4.78 is 21.7. The van der Waals surface area contributed by atoms with Crippen molar-refractivity contribution in [2.45, 2.75) is 65.3 Å². The third-order valence-electron chi connectivity index (χ3n) is 5.53. The minimum atomic E-state index is -1.43. The van der Waals surface area contributed by atoms with Crippen molar-refractivity contribution < 1.29 is 47.8 Å². The first kappa shape index (κ1) is 27.6. The first-order valence-electron chi connectivity index (χ1n) is 11.6. The van der Waals surface area contributed by atoms with Crippen LogP contribution < -0.4 is 10.2 Å². The Balaban J connectivity index is 2.00. The van der Waals surface area contributed by atoms with Gasteiger partial charge in [-0.1, -0.05) is 23.4 Å². The lowest BCUT2D eigenvalue weighted by molar-refractivity contribution is -0.278. The third kappa shape index (κ3) is 6.42. The average Bonchev–Trinajstić information content (AvgIpc) is 3.09. The van der Waals surface area contributed by atoms with Crippen LogP contribution in [-0.4, -0.2) is 79.2 Å². The molecule has 0 bridgehead atoms. The fourth-order valence-electron chi connectivity index (χ4n) is 4.15. The van der Waals surface area contributed by atoms with Gasteiger partial charge in [-0.05, 0) is 13.0 Å². The van der Waals surface area contributed by atoms with Gasteiger partial charge in [0, 0.05) is 39.8 Å². The standard InChI is InChI=1S/C24H29N3O10/c1-6-27-17-10-8-7-9-16(17)19(23(27)32)26-37-24-20(25-12(2)28)22(35-15(5)31)21(34-14(4)30)18(36-24)11-33-13(3)29/h7-10,18,20-22,24H,6,11H2,1-5H3,(H,25,28)/b26-19-/t18-,20-,21+,22-,24-/m0/s1. The normalized spacial score (nSPS) is 25.8. The zero-order valence-corrected chi connectivity index (χ0v) is 21.1. The number of carbonyl (C=O) groups is 5. The van der Waals surface area contributed by atoms with Crippen LogP contribution in [0.1, 0.15) is 40.2 Å². The van der Waals surface area contributed by atoms with Gasteiger partial charge < -0.3 is 34.0 Å². The fraction of sp³-hybridized carbons (Fsp3) is 0.500. The van der Waals surface area contributed by atoms with Crippen molar-refractivity contribution in [2.75, 3.05) is 18.1 Å². The van der Waals surface area contributed by atoms with Crippen LogP contribution in [0.4, 0.5) is 5.69 Å². The molecule has 1 aromatic carbocycles. The Morgan fingerprint density at radius 3 is 2.24 bits per heavy atom. The molecule has 0 aromatic heterocycles. The summed E-state index contributed by atoms with van der Waals surface area (Å²) in [5.74, 6) is -3.04. The number of hydrogen-bond donors (Lipinski definition) is 1. The highest BCUT2D eigenvalue weighted by Crippen LogP contribution is 2.31. The molecule has 0 unspecified atom stereocenters. The molecule has 2 amide bonds. The van der Waals surface area contributed by atoms with Crippen molar-refractivity contribution in [2.24, 2.45) is 5.16 Å². The van der Waals surface area contributed by atoms with Crippen molar-refractivity contribution in [1.29, 1.82) is 0 Å². The summed E-state index contributed by atoms with van der Waals surface area (Å²) in [7, 11) is 0. The Morgan fingerprint density at radius 2 is 1.65 bits per heavy atom. The molecule has 1 N–H and O–H groups in total. The molecule has 1 aromatic rings. The SMILES string of the molecule is CCN1C(=O)/C(=N\O[C@@H]2O[C@@H](COC(C)=O)[C@@H](OC(C)=O)[C@@H](OC(C)=O)[C@@H]2NC(C)=O)c2ccccc21. The van der Waals surface area contributed by atoms with E-state index >= 15 is 0 Å².